The van der Waals surface area contributed by atoms with Crippen LogP contribution >= 0.6 is 12.2 Å². The van der Waals surface area contributed by atoms with Crippen LogP contribution in [0.5, 0.6) is 0 Å². The fraction of sp³-hybridized carbons (Fsp3) is 0. The Balaban J connectivity index is 2.93. The number of benzene rings is 1. The van der Waals surface area contributed by atoms with Crippen molar-refractivity contribution in [1.82, 2.24) is 9.66 Å². The summed E-state index contributed by atoms with van der Waals surface area (Å²) in [6.07, 6.45) is 1.77. The van der Waals surface area contributed by atoms with Gasteiger partial charge in [0, 0.05) is 11.6 Å². The van der Waals surface area contributed by atoms with Crippen molar-refractivity contribution >= 4 is 23.1 Å². The van der Waals surface area contributed by atoms with Crippen LogP contribution in [0.1, 0.15) is 0 Å². The summed E-state index contributed by atoms with van der Waals surface area (Å²) in [5, 5.41) is 0.994. The molecule has 0 fully saturated rings. The Labute approximate surface area is 74.4 Å². The van der Waals surface area contributed by atoms with Gasteiger partial charge in [-0.2, -0.15) is 0 Å². The van der Waals surface area contributed by atoms with Gasteiger partial charge in [0.25, 0.3) is 0 Å². The van der Waals surface area contributed by atoms with Crippen molar-refractivity contribution in [2.24, 2.45) is 0 Å². The lowest BCUT2D eigenvalue weighted by Crippen LogP contribution is -2.10. The van der Waals surface area contributed by atoms with Crippen LogP contribution in [0, 0.1) is 4.77 Å². The van der Waals surface area contributed by atoms with E-state index >= 15 is 0 Å². The number of nitrogens with zero attached hydrogens (tertiary/aromatic N) is 2. The molecular weight excluding hydrogens is 170 g/mol. The van der Waals surface area contributed by atoms with Gasteiger partial charge < -0.3 is 5.84 Å². The Kier molecular flexibility index (Phi) is 1.55. The molecule has 0 spiro atoms. The highest BCUT2D eigenvalue weighted by Crippen LogP contribution is 2.08. The average Bonchev–Trinajstić information content (AvgIpc) is 2.07. The molecule has 3 nitrogen and oxygen atoms in total. The van der Waals surface area contributed by atoms with Crippen LogP contribution < -0.4 is 5.84 Å². The van der Waals surface area contributed by atoms with Crippen molar-refractivity contribution < 1.29 is 0 Å². The zero-order valence-electron chi connectivity index (χ0n) is 6.27. The van der Waals surface area contributed by atoms with E-state index in [1.165, 1.54) is 4.68 Å². The quantitative estimate of drug-likeness (QED) is 0.489. The smallest absolute Gasteiger partial charge is 0.218 e. The zero-order chi connectivity index (χ0) is 8.55. The average molecular weight is 177 g/mol. The maximum atomic E-state index is 5.54. The van der Waals surface area contributed by atoms with E-state index in [0.29, 0.717) is 4.77 Å². The molecule has 1 aromatic heterocycles. The van der Waals surface area contributed by atoms with Gasteiger partial charge in [-0.15, -0.1) is 0 Å². The van der Waals surface area contributed by atoms with E-state index in [2.05, 4.69) is 4.98 Å². The Morgan fingerprint density at radius 1 is 1.33 bits per heavy atom. The van der Waals surface area contributed by atoms with Crippen LogP contribution in [0.2, 0.25) is 0 Å². The standard InChI is InChI=1S/C8H7N3S/c9-11-5-6-3-1-2-4-7(6)10-8(11)12/h1-5H,9H2. The second-order valence-corrected chi connectivity index (χ2v) is 2.85. The Hall–Kier alpha value is -1.42. The summed E-state index contributed by atoms with van der Waals surface area (Å²) in [5.74, 6) is 5.54. The predicted molar refractivity (Wildman–Crippen MR) is 50.7 cm³/mol. The third-order valence-electron chi connectivity index (χ3n) is 1.65. The number of rotatable bonds is 0. The van der Waals surface area contributed by atoms with Crippen LogP contribution in [-0.4, -0.2) is 9.66 Å². The fourth-order valence-corrected chi connectivity index (χ4v) is 1.22. The van der Waals surface area contributed by atoms with E-state index in [1.807, 2.05) is 24.3 Å². The number of nitrogens with two attached hydrogens (primary N) is 1. The molecule has 0 radical (unpaired) electrons. The molecule has 0 saturated heterocycles. The molecule has 0 aliphatic rings. The van der Waals surface area contributed by atoms with Crippen LogP contribution in [0.15, 0.2) is 30.5 Å². The molecule has 0 saturated carbocycles. The highest BCUT2D eigenvalue weighted by atomic mass is 32.1. The molecule has 1 heterocycles. The molecule has 0 aliphatic heterocycles. The van der Waals surface area contributed by atoms with E-state index in [0.717, 1.165) is 10.9 Å². The summed E-state index contributed by atoms with van der Waals surface area (Å²) in [5.41, 5.74) is 0.879. The van der Waals surface area contributed by atoms with Crippen molar-refractivity contribution in [2.45, 2.75) is 0 Å². The molecule has 2 N–H and O–H groups in total. The Morgan fingerprint density at radius 2 is 2.08 bits per heavy atom. The van der Waals surface area contributed by atoms with E-state index < -0.39 is 0 Å². The summed E-state index contributed by atoms with van der Waals surface area (Å²) in [4.78, 5) is 4.13. The minimum atomic E-state index is 0.397. The first kappa shape index (κ1) is 7.24. The molecule has 1 aromatic carbocycles. The van der Waals surface area contributed by atoms with Crippen LogP contribution in [0.25, 0.3) is 10.9 Å². The SMILES string of the molecule is Nn1cc2ccccc2nc1=S. The molecule has 0 amide bonds. The summed E-state index contributed by atoms with van der Waals surface area (Å²) < 4.78 is 1.74. The van der Waals surface area contributed by atoms with Crippen molar-refractivity contribution in [3.05, 3.63) is 35.2 Å². The number of para-hydroxylation sites is 1. The second-order valence-electron chi connectivity index (χ2n) is 2.49. The first-order valence-corrected chi connectivity index (χ1v) is 3.92. The van der Waals surface area contributed by atoms with Gasteiger partial charge in [0.05, 0.1) is 5.52 Å². The Morgan fingerprint density at radius 3 is 2.92 bits per heavy atom. The lowest BCUT2D eigenvalue weighted by molar-refractivity contribution is 0.932. The first-order valence-electron chi connectivity index (χ1n) is 3.51. The summed E-state index contributed by atoms with van der Waals surface area (Å²) in [6.45, 7) is 0. The lowest BCUT2D eigenvalue weighted by Gasteiger charge is -1.99. The minimum absolute atomic E-state index is 0.397. The first-order chi connectivity index (χ1) is 5.77. The third kappa shape index (κ3) is 1.06. The van der Waals surface area contributed by atoms with Gasteiger partial charge >= 0.3 is 0 Å². The van der Waals surface area contributed by atoms with Gasteiger partial charge in [0.15, 0.2) is 0 Å². The molecule has 4 heteroatoms. The van der Waals surface area contributed by atoms with Crippen molar-refractivity contribution in [3.63, 3.8) is 0 Å². The molecular formula is C8H7N3S. The molecule has 60 valence electrons. The van der Waals surface area contributed by atoms with Crippen molar-refractivity contribution in [3.8, 4) is 0 Å². The Bertz CT molecular complexity index is 475. The molecule has 0 aliphatic carbocycles. The van der Waals surface area contributed by atoms with E-state index in [-0.39, 0.29) is 0 Å². The molecule has 12 heavy (non-hydrogen) atoms. The fourth-order valence-electron chi connectivity index (χ4n) is 1.06. The molecule has 0 bridgehead atoms. The molecule has 0 unspecified atom stereocenters. The van der Waals surface area contributed by atoms with Crippen LogP contribution in [-0.2, 0) is 0 Å². The van der Waals surface area contributed by atoms with E-state index in [1.54, 1.807) is 6.20 Å². The number of fused-ring (bicyclic) bond motifs is 1. The monoisotopic (exact) mass is 177 g/mol. The molecule has 0 atom stereocenters. The maximum absolute atomic E-state index is 5.54. The second kappa shape index (κ2) is 2.57. The van der Waals surface area contributed by atoms with Gasteiger partial charge in [-0.05, 0) is 18.3 Å². The third-order valence-corrected chi connectivity index (χ3v) is 1.95. The largest absolute Gasteiger partial charge is 0.337 e. The number of hydrogen-bond acceptors (Lipinski definition) is 3. The van der Waals surface area contributed by atoms with E-state index in [9.17, 15) is 0 Å². The van der Waals surface area contributed by atoms with Gasteiger partial charge in [-0.25, -0.2) is 9.66 Å². The van der Waals surface area contributed by atoms with Gasteiger partial charge in [0.1, 0.15) is 0 Å². The number of hydrogen-bond donors (Lipinski definition) is 1. The number of aromatic nitrogens is 2. The highest BCUT2D eigenvalue weighted by Gasteiger charge is 1.93. The summed E-state index contributed by atoms with van der Waals surface area (Å²) >= 11 is 4.91. The van der Waals surface area contributed by atoms with Gasteiger partial charge in [-0.3, -0.25) is 0 Å². The van der Waals surface area contributed by atoms with Gasteiger partial charge in [-0.1, -0.05) is 18.2 Å². The number of nitrogen functional groups attached to an aromatic ring is 1. The zero-order valence-corrected chi connectivity index (χ0v) is 7.08. The summed E-state index contributed by atoms with van der Waals surface area (Å²) in [6, 6.07) is 7.71. The minimum Gasteiger partial charge on any atom is -0.337 e. The molecule has 2 rings (SSSR count). The maximum Gasteiger partial charge on any atom is 0.218 e. The lowest BCUT2D eigenvalue weighted by atomic mass is 10.2. The molecule has 2 aromatic rings. The van der Waals surface area contributed by atoms with Crippen molar-refractivity contribution in [1.29, 1.82) is 0 Å². The topological polar surface area (TPSA) is 43.8 Å². The predicted octanol–water partition coefficient (Wildman–Crippen LogP) is 1.48. The van der Waals surface area contributed by atoms with Crippen molar-refractivity contribution in [2.75, 3.05) is 5.84 Å². The van der Waals surface area contributed by atoms with E-state index in [4.69, 9.17) is 18.1 Å². The van der Waals surface area contributed by atoms with Crippen LogP contribution in [0.4, 0.5) is 0 Å². The van der Waals surface area contributed by atoms with Crippen LogP contribution in [0.3, 0.4) is 0 Å². The van der Waals surface area contributed by atoms with Gasteiger partial charge in [0.2, 0.25) is 4.77 Å². The normalized spacial score (nSPS) is 10.3. The highest BCUT2D eigenvalue weighted by molar-refractivity contribution is 7.71. The summed E-state index contributed by atoms with van der Waals surface area (Å²) in [7, 11) is 0.